The fraction of sp³-hybridized carbons (Fsp3) is 0.320. The molecule has 32 heavy (non-hydrogen) atoms. The topological polar surface area (TPSA) is 79.3 Å². The van der Waals surface area contributed by atoms with E-state index in [-0.39, 0.29) is 30.3 Å². The summed E-state index contributed by atoms with van der Waals surface area (Å²) in [6.07, 6.45) is 0. The van der Waals surface area contributed by atoms with Crippen LogP contribution >= 0.6 is 0 Å². The van der Waals surface area contributed by atoms with Gasteiger partial charge in [0.25, 0.3) is 0 Å². The van der Waals surface area contributed by atoms with E-state index in [2.05, 4.69) is 31.4 Å². The zero-order chi connectivity index (χ0) is 23.3. The second-order valence-electron chi connectivity index (χ2n) is 9.05. The van der Waals surface area contributed by atoms with Crippen molar-refractivity contribution in [2.45, 2.75) is 33.1 Å². The molecule has 2 aromatic carbocycles. The number of para-hydroxylation sites is 1. The minimum Gasteiger partial charge on any atom is -0.325 e. The molecule has 1 heterocycles. The molecule has 3 rings (SSSR count). The maximum Gasteiger partial charge on any atom is 0.239 e. The molecule has 168 valence electrons. The molecule has 0 aliphatic heterocycles. The van der Waals surface area contributed by atoms with Crippen LogP contribution in [0.3, 0.4) is 0 Å². The van der Waals surface area contributed by atoms with Gasteiger partial charge in [0.2, 0.25) is 11.8 Å². The van der Waals surface area contributed by atoms with Crippen molar-refractivity contribution < 1.29 is 9.59 Å². The predicted molar refractivity (Wildman–Crippen MR) is 128 cm³/mol. The smallest absolute Gasteiger partial charge is 0.239 e. The maximum absolute atomic E-state index is 12.7. The summed E-state index contributed by atoms with van der Waals surface area (Å²) < 4.78 is 1.74. The van der Waals surface area contributed by atoms with E-state index in [9.17, 15) is 9.59 Å². The van der Waals surface area contributed by atoms with Crippen LogP contribution in [0.15, 0.2) is 60.7 Å². The predicted octanol–water partition coefficient (Wildman–Crippen LogP) is 3.99. The molecular weight excluding hydrogens is 402 g/mol. The lowest BCUT2D eigenvalue weighted by molar-refractivity contribution is -0.119. The van der Waals surface area contributed by atoms with Gasteiger partial charge in [0.1, 0.15) is 5.82 Å². The molecule has 3 aromatic rings. The van der Waals surface area contributed by atoms with E-state index >= 15 is 0 Å². The van der Waals surface area contributed by atoms with Crippen LogP contribution in [-0.4, -0.2) is 46.6 Å². The van der Waals surface area contributed by atoms with Gasteiger partial charge in [-0.05, 0) is 38.2 Å². The molecule has 1 aromatic heterocycles. The SMILES string of the molecule is Cc1ccc(NC(=O)CN(C)CC(=O)Nc2cc(C(C)(C)C)nn2-c2ccccc2)cc1. The third-order valence-corrected chi connectivity index (χ3v) is 4.91. The highest BCUT2D eigenvalue weighted by molar-refractivity contribution is 5.94. The quantitative estimate of drug-likeness (QED) is 0.591. The monoisotopic (exact) mass is 433 g/mol. The molecule has 0 unspecified atom stereocenters. The van der Waals surface area contributed by atoms with E-state index in [0.717, 1.165) is 22.6 Å². The van der Waals surface area contributed by atoms with Crippen molar-refractivity contribution in [3.8, 4) is 5.69 Å². The Balaban J connectivity index is 1.64. The summed E-state index contributed by atoms with van der Waals surface area (Å²) in [6, 6.07) is 19.2. The summed E-state index contributed by atoms with van der Waals surface area (Å²) in [4.78, 5) is 26.7. The number of hydrogen-bond donors (Lipinski definition) is 2. The van der Waals surface area contributed by atoms with Crippen molar-refractivity contribution in [2.24, 2.45) is 0 Å². The lowest BCUT2D eigenvalue weighted by Crippen LogP contribution is -2.36. The van der Waals surface area contributed by atoms with Crippen molar-refractivity contribution in [1.82, 2.24) is 14.7 Å². The second kappa shape index (κ2) is 9.78. The van der Waals surface area contributed by atoms with Crippen LogP contribution < -0.4 is 10.6 Å². The highest BCUT2D eigenvalue weighted by atomic mass is 16.2. The number of amides is 2. The molecular formula is C25H31N5O2. The van der Waals surface area contributed by atoms with Crippen LogP contribution in [-0.2, 0) is 15.0 Å². The molecule has 2 N–H and O–H groups in total. The molecule has 7 heteroatoms. The molecule has 2 amide bonds. The van der Waals surface area contributed by atoms with Crippen molar-refractivity contribution >= 4 is 23.3 Å². The normalized spacial score (nSPS) is 11.4. The first kappa shape index (κ1) is 23.2. The lowest BCUT2D eigenvalue weighted by atomic mass is 9.92. The number of carbonyl (C=O) groups excluding carboxylic acids is 2. The molecule has 0 atom stereocenters. The average molecular weight is 434 g/mol. The van der Waals surface area contributed by atoms with Crippen molar-refractivity contribution in [1.29, 1.82) is 0 Å². The minimum absolute atomic E-state index is 0.0755. The Kier molecular flexibility index (Phi) is 7.10. The van der Waals surface area contributed by atoms with E-state index in [4.69, 9.17) is 5.10 Å². The standard InChI is InChI=1S/C25H31N5O2/c1-18-11-13-19(14-12-18)26-23(31)16-29(5)17-24(32)27-22-15-21(25(2,3)4)28-30(22)20-9-7-6-8-10-20/h6-15H,16-17H2,1-5H3,(H,26,31)(H,27,32). The van der Waals surface area contributed by atoms with Gasteiger partial charge in [0.05, 0.1) is 24.5 Å². The average Bonchev–Trinajstić information content (AvgIpc) is 3.14. The number of rotatable bonds is 7. The Labute approximate surface area is 189 Å². The first-order chi connectivity index (χ1) is 15.1. The van der Waals surface area contributed by atoms with Gasteiger partial charge in [-0.15, -0.1) is 0 Å². The molecule has 0 spiro atoms. The molecule has 0 saturated heterocycles. The Hall–Kier alpha value is -3.45. The van der Waals surface area contributed by atoms with Crippen molar-refractivity contribution in [3.63, 3.8) is 0 Å². The number of nitrogens with zero attached hydrogens (tertiary/aromatic N) is 3. The van der Waals surface area contributed by atoms with Gasteiger partial charge in [0, 0.05) is 17.2 Å². The van der Waals surface area contributed by atoms with Crippen LogP contribution in [0.1, 0.15) is 32.0 Å². The van der Waals surface area contributed by atoms with Gasteiger partial charge >= 0.3 is 0 Å². The van der Waals surface area contributed by atoms with Gasteiger partial charge in [-0.25, -0.2) is 4.68 Å². The molecule has 0 fully saturated rings. The second-order valence-corrected chi connectivity index (χ2v) is 9.05. The minimum atomic E-state index is -0.215. The summed E-state index contributed by atoms with van der Waals surface area (Å²) in [5.41, 5.74) is 3.44. The van der Waals surface area contributed by atoms with Gasteiger partial charge in [-0.1, -0.05) is 56.7 Å². The molecule has 0 radical (unpaired) electrons. The van der Waals surface area contributed by atoms with Gasteiger partial charge in [-0.2, -0.15) is 5.10 Å². The van der Waals surface area contributed by atoms with E-state index in [1.165, 1.54) is 0 Å². The molecule has 7 nitrogen and oxygen atoms in total. The summed E-state index contributed by atoms with van der Waals surface area (Å²) in [6.45, 7) is 8.41. The van der Waals surface area contributed by atoms with Crippen molar-refractivity contribution in [2.75, 3.05) is 30.8 Å². The van der Waals surface area contributed by atoms with E-state index in [0.29, 0.717) is 5.82 Å². The van der Waals surface area contributed by atoms with Crippen LogP contribution in [0.4, 0.5) is 11.5 Å². The highest BCUT2D eigenvalue weighted by Crippen LogP contribution is 2.26. The number of aryl methyl sites for hydroxylation is 1. The molecule has 0 aliphatic carbocycles. The van der Waals surface area contributed by atoms with Gasteiger partial charge < -0.3 is 10.6 Å². The van der Waals surface area contributed by atoms with Crippen LogP contribution in [0.2, 0.25) is 0 Å². The molecule has 0 bridgehead atoms. The Morgan fingerprint density at radius 3 is 2.12 bits per heavy atom. The zero-order valence-electron chi connectivity index (χ0n) is 19.3. The van der Waals surface area contributed by atoms with Gasteiger partial charge in [-0.3, -0.25) is 14.5 Å². The first-order valence-corrected chi connectivity index (χ1v) is 10.6. The third kappa shape index (κ3) is 6.28. The largest absolute Gasteiger partial charge is 0.325 e. The van der Waals surface area contributed by atoms with Crippen LogP contribution in [0, 0.1) is 6.92 Å². The summed E-state index contributed by atoms with van der Waals surface area (Å²) in [5.74, 6) is 0.213. The fourth-order valence-electron chi connectivity index (χ4n) is 3.17. The molecule has 0 saturated carbocycles. The number of hydrogen-bond acceptors (Lipinski definition) is 4. The lowest BCUT2D eigenvalue weighted by Gasteiger charge is -2.16. The van der Waals surface area contributed by atoms with E-state index in [1.54, 1.807) is 16.6 Å². The van der Waals surface area contributed by atoms with Gasteiger partial charge in [0.15, 0.2) is 0 Å². The number of aromatic nitrogens is 2. The third-order valence-electron chi connectivity index (χ3n) is 4.91. The number of likely N-dealkylation sites (N-methyl/N-ethyl adjacent to an activating group) is 1. The van der Waals surface area contributed by atoms with Crippen LogP contribution in [0.25, 0.3) is 5.69 Å². The maximum atomic E-state index is 12.7. The highest BCUT2D eigenvalue weighted by Gasteiger charge is 2.22. The Bertz CT molecular complexity index is 1070. The Morgan fingerprint density at radius 1 is 0.938 bits per heavy atom. The summed E-state index contributed by atoms with van der Waals surface area (Å²) in [5, 5.41) is 10.5. The summed E-state index contributed by atoms with van der Waals surface area (Å²) in [7, 11) is 1.74. The van der Waals surface area contributed by atoms with E-state index in [1.807, 2.05) is 67.6 Å². The fourth-order valence-corrected chi connectivity index (χ4v) is 3.17. The van der Waals surface area contributed by atoms with Crippen molar-refractivity contribution in [3.05, 3.63) is 71.9 Å². The zero-order valence-corrected chi connectivity index (χ0v) is 19.3. The summed E-state index contributed by atoms with van der Waals surface area (Å²) >= 11 is 0. The van der Waals surface area contributed by atoms with Crippen LogP contribution in [0.5, 0.6) is 0 Å². The number of carbonyl (C=O) groups is 2. The number of anilines is 2. The number of benzene rings is 2. The first-order valence-electron chi connectivity index (χ1n) is 10.6. The molecule has 0 aliphatic rings. The van der Waals surface area contributed by atoms with E-state index < -0.39 is 0 Å². The Morgan fingerprint density at radius 2 is 1.53 bits per heavy atom. The number of nitrogens with one attached hydrogen (secondary N) is 2.